The molecule has 0 N–H and O–H groups in total. The molecule has 1 atom stereocenters. The summed E-state index contributed by atoms with van der Waals surface area (Å²) in [6, 6.07) is 0. The van der Waals surface area contributed by atoms with Crippen molar-refractivity contribution in [3.05, 3.63) is 0 Å². The Morgan fingerprint density at radius 1 is 1.33 bits per heavy atom. The molecule has 3 heteroatoms. The van der Waals surface area contributed by atoms with E-state index >= 15 is 0 Å². The van der Waals surface area contributed by atoms with Crippen LogP contribution in [0.1, 0.15) is 32.6 Å². The van der Waals surface area contributed by atoms with Crippen molar-refractivity contribution in [3.63, 3.8) is 0 Å². The molecule has 0 unspecified atom stereocenters. The summed E-state index contributed by atoms with van der Waals surface area (Å²) in [5, 5.41) is 0. The van der Waals surface area contributed by atoms with Crippen molar-refractivity contribution in [2.24, 2.45) is 5.92 Å². The molecule has 1 rings (SSSR count). The lowest BCUT2D eigenvalue weighted by atomic mass is 10.0. The lowest BCUT2D eigenvalue weighted by Gasteiger charge is -2.06. The van der Waals surface area contributed by atoms with Crippen molar-refractivity contribution in [3.8, 4) is 0 Å². The highest BCUT2D eigenvalue weighted by Gasteiger charge is 2.15. The fourth-order valence-electron chi connectivity index (χ4n) is 1.26. The number of hydrogen-bond donors (Lipinski definition) is 0. The van der Waals surface area contributed by atoms with Crippen LogP contribution >= 0.6 is 0 Å². The van der Waals surface area contributed by atoms with Crippen molar-refractivity contribution in [1.82, 2.24) is 0 Å². The molecule has 0 amide bonds. The van der Waals surface area contributed by atoms with Crippen molar-refractivity contribution in [2.45, 2.75) is 32.6 Å². The van der Waals surface area contributed by atoms with Crippen LogP contribution in [-0.4, -0.2) is 18.4 Å². The van der Waals surface area contributed by atoms with E-state index in [1.807, 2.05) is 6.92 Å². The molecular weight excluding hydrogens is 156 g/mol. The Hall–Kier alpha value is -0.860. The van der Waals surface area contributed by atoms with E-state index in [0.29, 0.717) is 19.3 Å². The molecule has 1 fully saturated rings. The second-order valence-corrected chi connectivity index (χ2v) is 3.36. The third kappa shape index (κ3) is 3.03. The number of carbonyl (C=O) groups excluding carboxylic acids is 2. The number of ketones is 1. The van der Waals surface area contributed by atoms with Crippen LogP contribution in [0, 0.1) is 5.92 Å². The normalized spacial score (nSPS) is 26.9. The molecule has 1 saturated heterocycles. The summed E-state index contributed by atoms with van der Waals surface area (Å²) in [6.45, 7) is 2.24. The summed E-state index contributed by atoms with van der Waals surface area (Å²) in [6.07, 6.45) is 2.25. The van der Waals surface area contributed by atoms with Gasteiger partial charge in [0, 0.05) is 19.3 Å². The van der Waals surface area contributed by atoms with Gasteiger partial charge in [-0.3, -0.25) is 9.59 Å². The highest BCUT2D eigenvalue weighted by molar-refractivity contribution is 5.79. The van der Waals surface area contributed by atoms with E-state index < -0.39 is 0 Å². The first kappa shape index (κ1) is 9.23. The van der Waals surface area contributed by atoms with Crippen molar-refractivity contribution in [1.29, 1.82) is 0 Å². The van der Waals surface area contributed by atoms with Crippen LogP contribution in [0.15, 0.2) is 0 Å². The predicted molar refractivity (Wildman–Crippen MR) is 43.6 cm³/mol. The van der Waals surface area contributed by atoms with Gasteiger partial charge in [0.25, 0.3) is 0 Å². The third-order valence-corrected chi connectivity index (χ3v) is 2.08. The van der Waals surface area contributed by atoms with Crippen molar-refractivity contribution in [2.75, 3.05) is 6.61 Å². The number of hydrogen-bond acceptors (Lipinski definition) is 3. The molecule has 0 radical (unpaired) electrons. The maximum absolute atomic E-state index is 11.0. The molecule has 1 aliphatic heterocycles. The van der Waals surface area contributed by atoms with E-state index in [2.05, 4.69) is 0 Å². The molecule has 68 valence electrons. The average Bonchev–Trinajstić information content (AvgIpc) is 2.05. The van der Waals surface area contributed by atoms with Gasteiger partial charge < -0.3 is 4.74 Å². The standard InChI is InChI=1S/C9H14O3/c1-7-2-3-8(10)4-5-12-9(11)6-7/h7H,2-6H2,1H3/t7-/m1/s1. The molecule has 0 aromatic rings. The van der Waals surface area contributed by atoms with Gasteiger partial charge in [-0.05, 0) is 12.3 Å². The van der Waals surface area contributed by atoms with Gasteiger partial charge in [-0.1, -0.05) is 6.92 Å². The molecule has 3 nitrogen and oxygen atoms in total. The largest absolute Gasteiger partial charge is 0.465 e. The van der Waals surface area contributed by atoms with Crippen LogP contribution < -0.4 is 0 Å². The first-order valence-corrected chi connectivity index (χ1v) is 4.36. The zero-order valence-electron chi connectivity index (χ0n) is 7.34. The smallest absolute Gasteiger partial charge is 0.306 e. The minimum atomic E-state index is -0.169. The first-order valence-electron chi connectivity index (χ1n) is 4.36. The van der Waals surface area contributed by atoms with E-state index in [9.17, 15) is 9.59 Å². The molecule has 0 saturated carbocycles. The van der Waals surface area contributed by atoms with E-state index in [4.69, 9.17) is 4.74 Å². The van der Waals surface area contributed by atoms with Crippen LogP contribution in [0.4, 0.5) is 0 Å². The summed E-state index contributed by atoms with van der Waals surface area (Å²) in [5.41, 5.74) is 0. The Balaban J connectivity index is 2.46. The Morgan fingerprint density at radius 3 is 2.83 bits per heavy atom. The zero-order chi connectivity index (χ0) is 8.97. The molecule has 0 spiro atoms. The summed E-state index contributed by atoms with van der Waals surface area (Å²) in [7, 11) is 0. The van der Waals surface area contributed by atoms with Gasteiger partial charge in [0.05, 0.1) is 6.61 Å². The summed E-state index contributed by atoms with van der Waals surface area (Å²) in [5.74, 6) is 0.313. The van der Waals surface area contributed by atoms with Gasteiger partial charge in [0.2, 0.25) is 0 Å². The highest BCUT2D eigenvalue weighted by atomic mass is 16.5. The molecule has 1 aliphatic rings. The Morgan fingerprint density at radius 2 is 2.08 bits per heavy atom. The third-order valence-electron chi connectivity index (χ3n) is 2.08. The Bertz CT molecular complexity index is 186. The molecular formula is C9H14O3. The molecule has 0 aromatic carbocycles. The predicted octanol–water partition coefficient (Wildman–Crippen LogP) is 1.31. The van der Waals surface area contributed by atoms with Crippen LogP contribution in [0.25, 0.3) is 0 Å². The second kappa shape index (κ2) is 4.24. The summed E-state index contributed by atoms with van der Waals surface area (Å²) in [4.78, 5) is 22.0. The number of cyclic esters (lactones) is 1. The zero-order valence-corrected chi connectivity index (χ0v) is 7.34. The van der Waals surface area contributed by atoms with Crippen LogP contribution in [-0.2, 0) is 14.3 Å². The molecule has 0 bridgehead atoms. The van der Waals surface area contributed by atoms with Gasteiger partial charge in [-0.2, -0.15) is 0 Å². The lowest BCUT2D eigenvalue weighted by molar-refractivity contribution is -0.144. The average molecular weight is 170 g/mol. The quantitative estimate of drug-likeness (QED) is 0.515. The minimum Gasteiger partial charge on any atom is -0.465 e. The maximum Gasteiger partial charge on any atom is 0.306 e. The van der Waals surface area contributed by atoms with Gasteiger partial charge in [0.15, 0.2) is 0 Å². The van der Waals surface area contributed by atoms with Crippen molar-refractivity contribution < 1.29 is 14.3 Å². The number of esters is 1. The summed E-state index contributed by atoms with van der Waals surface area (Å²) < 4.78 is 4.84. The molecule has 0 aromatic heterocycles. The number of carbonyl (C=O) groups is 2. The number of Topliss-reactive ketones (excluding diaryl/α,β-unsaturated/α-hetero) is 1. The summed E-state index contributed by atoms with van der Waals surface area (Å²) >= 11 is 0. The van der Waals surface area contributed by atoms with Crippen LogP contribution in [0.3, 0.4) is 0 Å². The van der Waals surface area contributed by atoms with Gasteiger partial charge >= 0.3 is 5.97 Å². The van der Waals surface area contributed by atoms with Crippen molar-refractivity contribution >= 4 is 11.8 Å². The Kier molecular flexibility index (Phi) is 3.26. The van der Waals surface area contributed by atoms with E-state index in [0.717, 1.165) is 6.42 Å². The lowest BCUT2D eigenvalue weighted by Crippen LogP contribution is -2.08. The topological polar surface area (TPSA) is 43.4 Å². The van der Waals surface area contributed by atoms with E-state index in [1.165, 1.54) is 0 Å². The number of rotatable bonds is 0. The fraction of sp³-hybridized carbons (Fsp3) is 0.778. The first-order chi connectivity index (χ1) is 5.68. The second-order valence-electron chi connectivity index (χ2n) is 3.36. The van der Waals surface area contributed by atoms with Crippen LogP contribution in [0.2, 0.25) is 0 Å². The van der Waals surface area contributed by atoms with Gasteiger partial charge in [0.1, 0.15) is 5.78 Å². The maximum atomic E-state index is 11.0. The fourth-order valence-corrected chi connectivity index (χ4v) is 1.26. The molecule has 0 aliphatic carbocycles. The van der Waals surface area contributed by atoms with Gasteiger partial charge in [-0.15, -0.1) is 0 Å². The minimum absolute atomic E-state index is 0.169. The van der Waals surface area contributed by atoms with E-state index in [-0.39, 0.29) is 24.3 Å². The highest BCUT2D eigenvalue weighted by Crippen LogP contribution is 2.14. The Labute approximate surface area is 72.1 Å². The van der Waals surface area contributed by atoms with Gasteiger partial charge in [-0.25, -0.2) is 0 Å². The monoisotopic (exact) mass is 170 g/mol. The number of ether oxygens (including phenoxy) is 1. The van der Waals surface area contributed by atoms with E-state index in [1.54, 1.807) is 0 Å². The van der Waals surface area contributed by atoms with Crippen LogP contribution in [0.5, 0.6) is 0 Å². The SMILES string of the molecule is C[C@@H]1CCC(=O)CCOC(=O)C1. The molecule has 1 heterocycles. The molecule has 12 heavy (non-hydrogen) atoms.